The van der Waals surface area contributed by atoms with Gasteiger partial charge in [0.05, 0.1) is 12.3 Å². The van der Waals surface area contributed by atoms with Gasteiger partial charge < -0.3 is 14.8 Å². The number of carbonyl (C=O) groups excluding carboxylic acids is 1. The highest BCUT2D eigenvalue weighted by atomic mass is 16.5. The summed E-state index contributed by atoms with van der Waals surface area (Å²) in [6.07, 6.45) is 0.993. The minimum atomic E-state index is -0.263. The molecule has 0 saturated carbocycles. The van der Waals surface area contributed by atoms with Crippen LogP contribution in [0.4, 0.5) is 5.69 Å². The van der Waals surface area contributed by atoms with Crippen molar-refractivity contribution in [1.29, 1.82) is 0 Å². The maximum Gasteiger partial charge on any atom is 0.274 e. The van der Waals surface area contributed by atoms with Gasteiger partial charge in [-0.05, 0) is 39.0 Å². The fourth-order valence-electron chi connectivity index (χ4n) is 2.67. The average molecular weight is 312 g/mol. The van der Waals surface area contributed by atoms with Gasteiger partial charge in [-0.15, -0.1) is 0 Å². The molecular formula is C18H20N2O3. The van der Waals surface area contributed by atoms with E-state index in [1.165, 1.54) is 0 Å². The zero-order valence-corrected chi connectivity index (χ0v) is 13.6. The summed E-state index contributed by atoms with van der Waals surface area (Å²) in [7, 11) is 0. The Morgan fingerprint density at radius 3 is 3.00 bits per heavy atom. The third kappa shape index (κ3) is 3.28. The monoisotopic (exact) mass is 312 g/mol. The summed E-state index contributed by atoms with van der Waals surface area (Å²) in [4.78, 5) is 16.7. The minimum absolute atomic E-state index is 0.142. The molecule has 1 N–H and O–H groups in total. The second-order valence-electron chi connectivity index (χ2n) is 5.64. The predicted molar refractivity (Wildman–Crippen MR) is 88.3 cm³/mol. The van der Waals surface area contributed by atoms with Crippen molar-refractivity contribution in [1.82, 2.24) is 4.98 Å². The lowest BCUT2D eigenvalue weighted by molar-refractivity contribution is 0.102. The fraction of sp³-hybridized carbons (Fsp3) is 0.333. The number of amides is 1. The summed E-state index contributed by atoms with van der Waals surface area (Å²) in [6, 6.07) is 9.13. The van der Waals surface area contributed by atoms with Crippen LogP contribution in [0.1, 0.15) is 35.6 Å². The van der Waals surface area contributed by atoms with Crippen molar-refractivity contribution in [3.05, 3.63) is 47.3 Å². The quantitative estimate of drug-likeness (QED) is 0.940. The molecule has 0 aliphatic carbocycles. The van der Waals surface area contributed by atoms with Crippen molar-refractivity contribution in [2.45, 2.75) is 33.3 Å². The Balaban J connectivity index is 1.89. The third-order valence-electron chi connectivity index (χ3n) is 3.67. The van der Waals surface area contributed by atoms with Crippen molar-refractivity contribution < 1.29 is 14.3 Å². The first-order valence-corrected chi connectivity index (χ1v) is 7.78. The van der Waals surface area contributed by atoms with Crippen LogP contribution in [-0.4, -0.2) is 23.6 Å². The topological polar surface area (TPSA) is 60.5 Å². The molecule has 0 radical (unpaired) electrons. The SMILES string of the molecule is CCOc1cc2c(cc1NC(=O)c1cccc(C)n1)OC(C)C2. The number of hydrogen-bond acceptors (Lipinski definition) is 4. The molecule has 0 fully saturated rings. The predicted octanol–water partition coefficient (Wildman–Crippen LogP) is 3.36. The number of nitrogens with one attached hydrogen (secondary N) is 1. The molecule has 2 heterocycles. The second-order valence-corrected chi connectivity index (χ2v) is 5.64. The highest BCUT2D eigenvalue weighted by Crippen LogP contribution is 2.38. The van der Waals surface area contributed by atoms with E-state index in [2.05, 4.69) is 10.3 Å². The lowest BCUT2D eigenvalue weighted by Crippen LogP contribution is -2.15. The lowest BCUT2D eigenvalue weighted by atomic mass is 10.1. The molecule has 120 valence electrons. The number of hydrogen-bond donors (Lipinski definition) is 1. The number of aryl methyl sites for hydroxylation is 1. The Labute approximate surface area is 135 Å². The zero-order chi connectivity index (χ0) is 16.4. The Kier molecular flexibility index (Phi) is 4.19. The largest absolute Gasteiger partial charge is 0.492 e. The number of benzene rings is 1. The number of aromatic nitrogens is 1. The number of carbonyl (C=O) groups is 1. The number of rotatable bonds is 4. The van der Waals surface area contributed by atoms with Gasteiger partial charge in [-0.2, -0.15) is 0 Å². The van der Waals surface area contributed by atoms with Crippen LogP contribution in [0.3, 0.4) is 0 Å². The fourth-order valence-corrected chi connectivity index (χ4v) is 2.67. The van der Waals surface area contributed by atoms with Crippen LogP contribution in [-0.2, 0) is 6.42 Å². The molecule has 2 aromatic rings. The molecule has 1 aromatic carbocycles. The molecule has 0 spiro atoms. The summed E-state index contributed by atoms with van der Waals surface area (Å²) >= 11 is 0. The van der Waals surface area contributed by atoms with E-state index >= 15 is 0 Å². The molecule has 1 aliphatic heterocycles. The van der Waals surface area contributed by atoms with Gasteiger partial charge in [0.1, 0.15) is 23.3 Å². The third-order valence-corrected chi connectivity index (χ3v) is 3.67. The number of anilines is 1. The van der Waals surface area contributed by atoms with Crippen LogP contribution in [0.25, 0.3) is 0 Å². The number of ether oxygens (including phenoxy) is 2. The van der Waals surface area contributed by atoms with Crippen molar-refractivity contribution in [3.63, 3.8) is 0 Å². The standard InChI is InChI=1S/C18H20N2O3/c1-4-22-17-9-13-8-12(3)23-16(13)10-15(17)20-18(21)14-7-5-6-11(2)19-14/h5-7,9-10,12H,4,8H2,1-3H3,(H,20,21). The molecule has 0 bridgehead atoms. The van der Waals surface area contributed by atoms with E-state index in [9.17, 15) is 4.79 Å². The summed E-state index contributed by atoms with van der Waals surface area (Å²) in [5.74, 6) is 1.19. The zero-order valence-electron chi connectivity index (χ0n) is 13.6. The van der Waals surface area contributed by atoms with Crippen LogP contribution >= 0.6 is 0 Å². The molecule has 1 amide bonds. The Bertz CT molecular complexity index is 743. The van der Waals surface area contributed by atoms with Crippen molar-refractivity contribution in [3.8, 4) is 11.5 Å². The minimum Gasteiger partial charge on any atom is -0.492 e. The molecular weight excluding hydrogens is 292 g/mol. The maximum atomic E-state index is 12.4. The molecule has 23 heavy (non-hydrogen) atoms. The highest BCUT2D eigenvalue weighted by molar-refractivity contribution is 6.03. The molecule has 3 rings (SSSR count). The normalized spacial score (nSPS) is 15.7. The molecule has 5 nitrogen and oxygen atoms in total. The number of nitrogens with zero attached hydrogens (tertiary/aromatic N) is 1. The molecule has 1 aliphatic rings. The number of fused-ring (bicyclic) bond motifs is 1. The van der Waals surface area contributed by atoms with Gasteiger partial charge in [0.25, 0.3) is 5.91 Å². The van der Waals surface area contributed by atoms with Crippen molar-refractivity contribution in [2.24, 2.45) is 0 Å². The Hall–Kier alpha value is -2.56. The van der Waals surface area contributed by atoms with Crippen molar-refractivity contribution in [2.75, 3.05) is 11.9 Å². The summed E-state index contributed by atoms with van der Waals surface area (Å²) in [6.45, 7) is 6.32. The van der Waals surface area contributed by atoms with E-state index in [1.54, 1.807) is 6.07 Å². The van der Waals surface area contributed by atoms with Crippen LogP contribution in [0.15, 0.2) is 30.3 Å². The lowest BCUT2D eigenvalue weighted by Gasteiger charge is -2.13. The van der Waals surface area contributed by atoms with Gasteiger partial charge in [-0.3, -0.25) is 4.79 Å². The van der Waals surface area contributed by atoms with Crippen LogP contribution in [0.2, 0.25) is 0 Å². The first-order valence-electron chi connectivity index (χ1n) is 7.78. The Morgan fingerprint density at radius 2 is 2.26 bits per heavy atom. The highest BCUT2D eigenvalue weighted by Gasteiger charge is 2.23. The van der Waals surface area contributed by atoms with E-state index in [0.29, 0.717) is 23.7 Å². The molecule has 5 heteroatoms. The average Bonchev–Trinajstić information content (AvgIpc) is 2.87. The molecule has 1 atom stereocenters. The Morgan fingerprint density at radius 1 is 1.43 bits per heavy atom. The van der Waals surface area contributed by atoms with Crippen molar-refractivity contribution >= 4 is 11.6 Å². The molecule has 1 unspecified atom stereocenters. The van der Waals surface area contributed by atoms with Crippen LogP contribution < -0.4 is 14.8 Å². The van der Waals surface area contributed by atoms with E-state index < -0.39 is 0 Å². The first-order chi connectivity index (χ1) is 11.1. The van der Waals surface area contributed by atoms with Gasteiger partial charge in [-0.25, -0.2) is 4.98 Å². The van der Waals surface area contributed by atoms with Gasteiger partial charge in [-0.1, -0.05) is 6.07 Å². The summed E-state index contributed by atoms with van der Waals surface area (Å²) < 4.78 is 11.4. The molecule has 1 aromatic heterocycles. The second kappa shape index (κ2) is 6.28. The number of pyridine rings is 1. The smallest absolute Gasteiger partial charge is 0.274 e. The summed E-state index contributed by atoms with van der Waals surface area (Å²) in [5, 5.41) is 2.88. The van der Waals surface area contributed by atoms with Gasteiger partial charge >= 0.3 is 0 Å². The van der Waals surface area contributed by atoms with Gasteiger partial charge in [0, 0.05) is 23.7 Å². The molecule has 0 saturated heterocycles. The van der Waals surface area contributed by atoms with Gasteiger partial charge in [0.2, 0.25) is 0 Å². The van der Waals surface area contributed by atoms with E-state index in [4.69, 9.17) is 9.47 Å². The van der Waals surface area contributed by atoms with Gasteiger partial charge in [0.15, 0.2) is 0 Å². The van der Waals surface area contributed by atoms with Crippen LogP contribution in [0, 0.1) is 6.92 Å². The maximum absolute atomic E-state index is 12.4. The van der Waals surface area contributed by atoms with E-state index in [1.807, 2.05) is 45.0 Å². The van der Waals surface area contributed by atoms with Crippen LogP contribution in [0.5, 0.6) is 11.5 Å². The van der Waals surface area contributed by atoms with E-state index in [-0.39, 0.29) is 12.0 Å². The van der Waals surface area contributed by atoms with E-state index in [0.717, 1.165) is 23.4 Å². The summed E-state index contributed by atoms with van der Waals surface area (Å²) in [5.41, 5.74) is 2.89. The first kappa shape index (κ1) is 15.3.